The minimum atomic E-state index is -0.628. The lowest BCUT2D eigenvalue weighted by Gasteiger charge is -2.11. The standard InChI is InChI=1S/C10H8O5/c11-8-5-6-1-2-7(8)10(13)15-4-3-14-9(6)12/h1-2,5,11H,3-4H2. The number of fused-ring (bicyclic) bond motifs is 7. The Bertz CT molecular complexity index is 424. The van der Waals surface area contributed by atoms with Crippen molar-refractivity contribution in [2.75, 3.05) is 13.2 Å². The van der Waals surface area contributed by atoms with Gasteiger partial charge in [-0.3, -0.25) is 0 Å². The lowest BCUT2D eigenvalue weighted by atomic mass is 10.1. The summed E-state index contributed by atoms with van der Waals surface area (Å²) in [4.78, 5) is 22.6. The van der Waals surface area contributed by atoms with E-state index >= 15 is 0 Å². The Morgan fingerprint density at radius 2 is 1.73 bits per heavy atom. The van der Waals surface area contributed by atoms with Crippen molar-refractivity contribution in [1.82, 2.24) is 0 Å². The molecular formula is C10H8O5. The van der Waals surface area contributed by atoms with Gasteiger partial charge in [0, 0.05) is 0 Å². The molecule has 1 aromatic carbocycles. The molecule has 0 radical (unpaired) electrons. The van der Waals surface area contributed by atoms with Crippen LogP contribution < -0.4 is 0 Å². The summed E-state index contributed by atoms with van der Waals surface area (Å²) in [6.07, 6.45) is 0. The van der Waals surface area contributed by atoms with Crippen LogP contribution in [0.1, 0.15) is 20.7 Å². The summed E-state index contributed by atoms with van der Waals surface area (Å²) < 4.78 is 9.52. The molecule has 2 bridgehead atoms. The zero-order valence-electron chi connectivity index (χ0n) is 7.73. The number of carbonyl (C=O) groups is 2. The van der Waals surface area contributed by atoms with Crippen molar-refractivity contribution in [3.63, 3.8) is 0 Å². The van der Waals surface area contributed by atoms with Crippen molar-refractivity contribution in [3.8, 4) is 5.75 Å². The highest BCUT2D eigenvalue weighted by atomic mass is 16.6. The first-order valence-electron chi connectivity index (χ1n) is 4.36. The molecule has 3 rings (SSSR count). The third-order valence-electron chi connectivity index (χ3n) is 2.00. The van der Waals surface area contributed by atoms with Gasteiger partial charge in [0.1, 0.15) is 24.5 Å². The van der Waals surface area contributed by atoms with Crippen LogP contribution in [0.5, 0.6) is 5.75 Å². The molecule has 15 heavy (non-hydrogen) atoms. The van der Waals surface area contributed by atoms with Gasteiger partial charge in [-0.05, 0) is 18.2 Å². The molecule has 0 aromatic heterocycles. The van der Waals surface area contributed by atoms with E-state index < -0.39 is 11.9 Å². The van der Waals surface area contributed by atoms with Crippen molar-refractivity contribution in [2.24, 2.45) is 0 Å². The highest BCUT2D eigenvalue weighted by Gasteiger charge is 2.18. The molecule has 0 saturated heterocycles. The van der Waals surface area contributed by atoms with Gasteiger partial charge in [-0.2, -0.15) is 0 Å². The number of carbonyl (C=O) groups excluding carboxylic acids is 2. The summed E-state index contributed by atoms with van der Waals surface area (Å²) >= 11 is 0. The number of phenolic OH excluding ortho intramolecular Hbond substituents is 1. The van der Waals surface area contributed by atoms with E-state index in [1.165, 1.54) is 18.2 Å². The third kappa shape index (κ3) is 1.76. The third-order valence-corrected chi connectivity index (χ3v) is 2.00. The first-order valence-corrected chi connectivity index (χ1v) is 4.36. The van der Waals surface area contributed by atoms with Gasteiger partial charge in [0.15, 0.2) is 0 Å². The van der Waals surface area contributed by atoms with E-state index in [-0.39, 0.29) is 30.1 Å². The zero-order chi connectivity index (χ0) is 10.8. The highest BCUT2D eigenvalue weighted by molar-refractivity contribution is 5.96. The van der Waals surface area contributed by atoms with Gasteiger partial charge < -0.3 is 14.6 Å². The van der Waals surface area contributed by atoms with Gasteiger partial charge in [-0.25, -0.2) is 9.59 Å². The molecule has 1 aromatic rings. The smallest absolute Gasteiger partial charge is 0.342 e. The van der Waals surface area contributed by atoms with Crippen LogP contribution in [0.3, 0.4) is 0 Å². The largest absolute Gasteiger partial charge is 0.507 e. The van der Waals surface area contributed by atoms with Crippen LogP contribution in [-0.2, 0) is 9.47 Å². The van der Waals surface area contributed by atoms with Gasteiger partial charge in [-0.15, -0.1) is 0 Å². The minimum Gasteiger partial charge on any atom is -0.507 e. The van der Waals surface area contributed by atoms with Crippen molar-refractivity contribution in [1.29, 1.82) is 0 Å². The predicted octanol–water partition coefficient (Wildman–Crippen LogP) is 0.719. The van der Waals surface area contributed by atoms with E-state index in [0.717, 1.165) is 0 Å². The minimum absolute atomic E-state index is 0.0114. The molecule has 0 amide bonds. The molecule has 1 N–H and O–H groups in total. The van der Waals surface area contributed by atoms with E-state index in [0.29, 0.717) is 0 Å². The van der Waals surface area contributed by atoms with E-state index in [2.05, 4.69) is 0 Å². The van der Waals surface area contributed by atoms with Gasteiger partial charge in [-0.1, -0.05) is 0 Å². The molecule has 5 heteroatoms. The van der Waals surface area contributed by atoms with Gasteiger partial charge in [0.05, 0.1) is 5.56 Å². The Labute approximate surface area is 85.2 Å². The molecule has 0 spiro atoms. The molecular weight excluding hydrogens is 200 g/mol. The SMILES string of the molecule is O=C1OCCOC(=O)c2ccc1cc2O. The van der Waals surface area contributed by atoms with Crippen molar-refractivity contribution >= 4 is 11.9 Å². The molecule has 0 saturated carbocycles. The Morgan fingerprint density at radius 3 is 2.40 bits per heavy atom. The first-order chi connectivity index (χ1) is 7.18. The fraction of sp³-hybridized carbons (Fsp3) is 0.200. The van der Waals surface area contributed by atoms with Crippen LogP contribution in [0.15, 0.2) is 18.2 Å². The second-order valence-corrected chi connectivity index (χ2v) is 3.00. The van der Waals surface area contributed by atoms with E-state index in [9.17, 15) is 14.7 Å². The Kier molecular flexibility index (Phi) is 2.29. The Hall–Kier alpha value is -2.04. The van der Waals surface area contributed by atoms with Crippen molar-refractivity contribution in [2.45, 2.75) is 0 Å². The van der Waals surface area contributed by atoms with Gasteiger partial charge >= 0.3 is 11.9 Å². The zero-order valence-corrected chi connectivity index (χ0v) is 7.73. The molecule has 0 aliphatic carbocycles. The maximum Gasteiger partial charge on any atom is 0.342 e. The summed E-state index contributed by atoms with van der Waals surface area (Å²) in [5, 5.41) is 9.45. The maximum absolute atomic E-state index is 11.3. The molecule has 0 fully saturated rings. The molecule has 2 heterocycles. The second-order valence-electron chi connectivity index (χ2n) is 3.00. The molecule has 0 unspecified atom stereocenters. The Morgan fingerprint density at radius 1 is 1.07 bits per heavy atom. The predicted molar refractivity (Wildman–Crippen MR) is 48.7 cm³/mol. The lowest BCUT2D eigenvalue weighted by Crippen LogP contribution is -2.16. The van der Waals surface area contributed by atoms with Crippen molar-refractivity contribution in [3.05, 3.63) is 29.3 Å². The second kappa shape index (κ2) is 3.61. The summed E-state index contributed by atoms with van der Waals surface area (Å²) in [5.41, 5.74) is 0.263. The monoisotopic (exact) mass is 208 g/mol. The molecule has 5 nitrogen and oxygen atoms in total. The summed E-state index contributed by atoms with van der Waals surface area (Å²) in [6, 6.07) is 3.92. The first kappa shape index (κ1) is 9.51. The average molecular weight is 208 g/mol. The number of ether oxygens (including phenoxy) is 2. The molecule has 78 valence electrons. The normalized spacial score (nSPS) is 15.7. The number of benzene rings is 1. The number of esters is 2. The molecule has 2 aliphatic rings. The number of hydrogen-bond donors (Lipinski definition) is 1. The van der Waals surface area contributed by atoms with Crippen LogP contribution in [0.4, 0.5) is 0 Å². The quantitative estimate of drug-likeness (QED) is 0.636. The Balaban J connectivity index is 2.49. The maximum atomic E-state index is 11.3. The van der Waals surface area contributed by atoms with Crippen LogP contribution in [0, 0.1) is 0 Å². The molecule has 0 atom stereocenters. The van der Waals surface area contributed by atoms with Crippen LogP contribution in [-0.4, -0.2) is 30.3 Å². The number of aromatic hydroxyl groups is 1. The van der Waals surface area contributed by atoms with Crippen LogP contribution in [0.25, 0.3) is 0 Å². The molecule has 2 aliphatic heterocycles. The lowest BCUT2D eigenvalue weighted by molar-refractivity contribution is 0.0257. The van der Waals surface area contributed by atoms with Crippen molar-refractivity contribution < 1.29 is 24.2 Å². The fourth-order valence-electron chi connectivity index (χ4n) is 1.26. The fourth-order valence-corrected chi connectivity index (χ4v) is 1.26. The highest BCUT2D eigenvalue weighted by Crippen LogP contribution is 2.21. The number of phenols is 1. The summed E-state index contributed by atoms with van der Waals surface area (Å²) in [7, 11) is 0. The average Bonchev–Trinajstić information content (AvgIpc) is 2.23. The van der Waals surface area contributed by atoms with Crippen LogP contribution >= 0.6 is 0 Å². The van der Waals surface area contributed by atoms with E-state index in [1.807, 2.05) is 0 Å². The summed E-state index contributed by atoms with van der Waals surface area (Å²) in [5.74, 6) is -1.46. The van der Waals surface area contributed by atoms with Crippen LogP contribution in [0.2, 0.25) is 0 Å². The van der Waals surface area contributed by atoms with E-state index in [4.69, 9.17) is 9.47 Å². The number of hydrogen-bond acceptors (Lipinski definition) is 5. The van der Waals surface area contributed by atoms with Gasteiger partial charge in [0.25, 0.3) is 0 Å². The topological polar surface area (TPSA) is 72.8 Å². The summed E-state index contributed by atoms with van der Waals surface area (Å²) in [6.45, 7) is 0.00622. The number of rotatable bonds is 0. The van der Waals surface area contributed by atoms with E-state index in [1.54, 1.807) is 0 Å². The van der Waals surface area contributed by atoms with Gasteiger partial charge in [0.2, 0.25) is 0 Å².